The molecule has 0 aromatic heterocycles. The number of benzene rings is 1. The van der Waals surface area contributed by atoms with Crippen molar-refractivity contribution in [2.75, 3.05) is 32.8 Å². The van der Waals surface area contributed by atoms with Gasteiger partial charge in [0.1, 0.15) is 17.9 Å². The second kappa shape index (κ2) is 9.93. The van der Waals surface area contributed by atoms with Gasteiger partial charge in [-0.1, -0.05) is 0 Å². The van der Waals surface area contributed by atoms with Crippen LogP contribution in [0, 0.1) is 5.92 Å². The lowest BCUT2D eigenvalue weighted by molar-refractivity contribution is -0.251. The number of nitrogens with zero attached hydrogens (tertiary/aromatic N) is 2. The number of ether oxygens (including phenoxy) is 1. The first kappa shape index (κ1) is 22.1. The van der Waals surface area contributed by atoms with E-state index in [1.165, 1.54) is 6.92 Å². The van der Waals surface area contributed by atoms with E-state index in [1.807, 2.05) is 24.3 Å². The zero-order valence-corrected chi connectivity index (χ0v) is 17.6. The summed E-state index contributed by atoms with van der Waals surface area (Å²) >= 11 is 0. The molecule has 2 aliphatic rings. The molecule has 1 saturated heterocycles. The Morgan fingerprint density at radius 1 is 1.10 bits per heavy atom. The van der Waals surface area contributed by atoms with Crippen LogP contribution in [0.2, 0.25) is 0 Å². The Bertz CT molecular complexity index is 755. The van der Waals surface area contributed by atoms with Gasteiger partial charge >= 0.3 is 0 Å². The number of rotatable bonds is 9. The van der Waals surface area contributed by atoms with Crippen molar-refractivity contribution >= 4 is 17.8 Å². The molecule has 2 amide bonds. The molecule has 2 atom stereocenters. The summed E-state index contributed by atoms with van der Waals surface area (Å²) in [6, 6.07) is 6.90. The van der Waals surface area contributed by atoms with E-state index in [-0.39, 0.29) is 17.6 Å². The zero-order valence-electron chi connectivity index (χ0n) is 17.6. The van der Waals surface area contributed by atoms with Gasteiger partial charge in [0.25, 0.3) is 0 Å². The number of carboxylic acid groups (broad SMARTS) is 1. The summed E-state index contributed by atoms with van der Waals surface area (Å²) in [4.78, 5) is 38.9. The summed E-state index contributed by atoms with van der Waals surface area (Å²) in [7, 11) is 0. The van der Waals surface area contributed by atoms with Gasteiger partial charge in [0.05, 0.1) is 6.61 Å². The number of carbonyl (C=O) groups excluding carboxylic acids is 3. The van der Waals surface area contributed by atoms with E-state index in [0.717, 1.165) is 43.7 Å². The van der Waals surface area contributed by atoms with Crippen molar-refractivity contribution in [3.8, 4) is 5.75 Å². The Morgan fingerprint density at radius 2 is 1.73 bits per heavy atom. The molecule has 1 N–H and O–H groups in total. The number of carbonyl (C=O) groups is 3. The van der Waals surface area contributed by atoms with Crippen LogP contribution in [0.15, 0.2) is 24.3 Å². The number of Topliss-reactive ketones (excluding diaryl/α,β-unsaturated/α-hetero) is 1. The first-order chi connectivity index (χ1) is 14.3. The summed E-state index contributed by atoms with van der Waals surface area (Å²) in [6.07, 6.45) is 1.42. The van der Waals surface area contributed by atoms with Gasteiger partial charge in [0, 0.05) is 43.7 Å². The third-order valence-electron chi connectivity index (χ3n) is 5.85. The standard InChI is InChI=1S/C22H31N3O5/c1-15(24-10-12-25(13-11-24)21(27)16(2)23-22(28)29)9-14-30-19-7-5-18(6-8-19)20(26)17-3-4-17/h5-8,15-17,23H,3-4,9-14H2,1-2H3,(H,28,29)/p-1/t15-,16-/m1/s1. The highest BCUT2D eigenvalue weighted by Gasteiger charge is 2.30. The first-order valence-corrected chi connectivity index (χ1v) is 10.6. The third-order valence-corrected chi connectivity index (χ3v) is 5.85. The molecule has 0 bridgehead atoms. The Morgan fingerprint density at radius 3 is 2.30 bits per heavy atom. The predicted molar refractivity (Wildman–Crippen MR) is 109 cm³/mol. The number of nitrogens with one attached hydrogen (secondary N) is 1. The normalized spacial score (nSPS) is 19.1. The van der Waals surface area contributed by atoms with Crippen molar-refractivity contribution in [2.45, 2.75) is 45.2 Å². The van der Waals surface area contributed by atoms with E-state index in [4.69, 9.17) is 4.74 Å². The number of ketones is 1. The molecule has 1 aromatic rings. The smallest absolute Gasteiger partial charge is 0.244 e. The highest BCUT2D eigenvalue weighted by molar-refractivity contribution is 5.99. The monoisotopic (exact) mass is 416 g/mol. The minimum atomic E-state index is -1.44. The minimum absolute atomic E-state index is 0.224. The molecular weight excluding hydrogens is 386 g/mol. The number of hydrogen-bond acceptors (Lipinski definition) is 6. The molecule has 30 heavy (non-hydrogen) atoms. The van der Waals surface area contributed by atoms with E-state index < -0.39 is 12.1 Å². The molecule has 1 heterocycles. The predicted octanol–water partition coefficient (Wildman–Crippen LogP) is 0.902. The molecule has 164 valence electrons. The van der Waals surface area contributed by atoms with Crippen molar-refractivity contribution in [3.05, 3.63) is 29.8 Å². The van der Waals surface area contributed by atoms with Crippen molar-refractivity contribution in [1.82, 2.24) is 15.1 Å². The summed E-state index contributed by atoms with van der Waals surface area (Å²) < 4.78 is 5.83. The van der Waals surface area contributed by atoms with Gasteiger partial charge in [-0.15, -0.1) is 0 Å². The molecule has 1 aliphatic carbocycles. The maximum absolute atomic E-state index is 12.3. The highest BCUT2D eigenvalue weighted by Crippen LogP contribution is 2.32. The van der Waals surface area contributed by atoms with E-state index in [1.54, 1.807) is 4.90 Å². The molecule has 1 saturated carbocycles. The Balaban J connectivity index is 1.36. The average Bonchev–Trinajstić information content (AvgIpc) is 3.58. The Labute approximate surface area is 177 Å². The fraction of sp³-hybridized carbons (Fsp3) is 0.591. The van der Waals surface area contributed by atoms with Gasteiger partial charge in [-0.2, -0.15) is 0 Å². The molecule has 0 unspecified atom stereocenters. The zero-order chi connectivity index (χ0) is 21.7. The summed E-state index contributed by atoms with van der Waals surface area (Å²) in [6.45, 7) is 6.85. The lowest BCUT2D eigenvalue weighted by Crippen LogP contribution is -2.56. The number of hydrogen-bond donors (Lipinski definition) is 1. The van der Waals surface area contributed by atoms with Crippen LogP contribution >= 0.6 is 0 Å². The van der Waals surface area contributed by atoms with Crippen LogP contribution < -0.4 is 15.2 Å². The van der Waals surface area contributed by atoms with Crippen LogP contribution in [0.5, 0.6) is 5.75 Å². The highest BCUT2D eigenvalue weighted by atomic mass is 16.5. The van der Waals surface area contributed by atoms with Crippen LogP contribution in [-0.2, 0) is 4.79 Å². The van der Waals surface area contributed by atoms with Crippen molar-refractivity contribution in [3.63, 3.8) is 0 Å². The minimum Gasteiger partial charge on any atom is -0.530 e. The molecule has 1 aliphatic heterocycles. The number of piperazine rings is 1. The SMILES string of the molecule is C[C@H](CCOc1ccc(C(=O)C2CC2)cc1)N1CCN(C(=O)[C@@H](C)NC(=O)[O-])CC1. The van der Waals surface area contributed by atoms with Crippen LogP contribution in [0.1, 0.15) is 43.5 Å². The second-order valence-corrected chi connectivity index (χ2v) is 8.16. The fourth-order valence-electron chi connectivity index (χ4n) is 3.72. The van der Waals surface area contributed by atoms with Gasteiger partial charge < -0.3 is 24.9 Å². The van der Waals surface area contributed by atoms with E-state index in [0.29, 0.717) is 25.7 Å². The van der Waals surface area contributed by atoms with Crippen LogP contribution in [-0.4, -0.2) is 72.5 Å². The van der Waals surface area contributed by atoms with Crippen molar-refractivity contribution < 1.29 is 24.2 Å². The molecule has 0 radical (unpaired) electrons. The lowest BCUT2D eigenvalue weighted by Gasteiger charge is -2.39. The second-order valence-electron chi connectivity index (χ2n) is 8.16. The molecular formula is C22H30N3O5-. The van der Waals surface area contributed by atoms with Gasteiger partial charge in [-0.25, -0.2) is 0 Å². The van der Waals surface area contributed by atoms with Crippen molar-refractivity contribution in [2.24, 2.45) is 5.92 Å². The summed E-state index contributed by atoms with van der Waals surface area (Å²) in [5.74, 6) is 0.998. The largest absolute Gasteiger partial charge is 0.530 e. The van der Waals surface area contributed by atoms with Gasteiger partial charge in [-0.05, 0) is 57.4 Å². The first-order valence-electron chi connectivity index (χ1n) is 10.6. The number of amides is 2. The maximum Gasteiger partial charge on any atom is 0.244 e. The molecule has 2 fully saturated rings. The van der Waals surface area contributed by atoms with Crippen LogP contribution in [0.4, 0.5) is 4.79 Å². The fourth-order valence-corrected chi connectivity index (χ4v) is 3.72. The summed E-state index contributed by atoms with van der Waals surface area (Å²) in [5, 5.41) is 12.7. The van der Waals surface area contributed by atoms with Crippen LogP contribution in [0.25, 0.3) is 0 Å². The van der Waals surface area contributed by atoms with Crippen molar-refractivity contribution in [1.29, 1.82) is 0 Å². The molecule has 8 heteroatoms. The van der Waals surface area contributed by atoms with E-state index in [2.05, 4.69) is 17.1 Å². The van der Waals surface area contributed by atoms with Crippen LogP contribution in [0.3, 0.4) is 0 Å². The molecule has 3 rings (SSSR count). The quantitative estimate of drug-likeness (QED) is 0.600. The van der Waals surface area contributed by atoms with E-state index in [9.17, 15) is 19.5 Å². The molecule has 8 nitrogen and oxygen atoms in total. The van der Waals surface area contributed by atoms with Gasteiger partial charge in [0.15, 0.2) is 5.78 Å². The summed E-state index contributed by atoms with van der Waals surface area (Å²) in [5.41, 5.74) is 0.759. The topological polar surface area (TPSA) is 102 Å². The van der Waals surface area contributed by atoms with E-state index >= 15 is 0 Å². The third kappa shape index (κ3) is 5.95. The lowest BCUT2D eigenvalue weighted by atomic mass is 10.1. The van der Waals surface area contributed by atoms with Gasteiger partial charge in [0.2, 0.25) is 5.91 Å². The average molecular weight is 416 g/mol. The Hall–Kier alpha value is -2.61. The van der Waals surface area contributed by atoms with Gasteiger partial charge in [-0.3, -0.25) is 14.5 Å². The Kier molecular flexibility index (Phi) is 7.31. The molecule has 1 aromatic carbocycles. The molecule has 0 spiro atoms. The maximum atomic E-state index is 12.3.